The van der Waals surface area contributed by atoms with Crippen LogP contribution in [0.4, 0.5) is 0 Å². The number of allylic oxidation sites excluding steroid dienone is 6. The number of epoxide rings is 1. The number of carbonyl (C=O) groups is 1. The van der Waals surface area contributed by atoms with E-state index in [0.29, 0.717) is 27.7 Å². The van der Waals surface area contributed by atoms with Crippen LogP contribution in [0.2, 0.25) is 0 Å². The zero-order valence-corrected chi connectivity index (χ0v) is 33.0. The summed E-state index contributed by atoms with van der Waals surface area (Å²) < 4.78 is 11.3. The summed E-state index contributed by atoms with van der Waals surface area (Å²) in [6.07, 6.45) is 21.4. The van der Waals surface area contributed by atoms with Crippen LogP contribution >= 0.6 is 0 Å². The molecule has 1 N–H and O–H groups in total. The fourth-order valence-corrected chi connectivity index (χ4v) is 12.7. The lowest BCUT2D eigenvalue weighted by Gasteiger charge is -2.62. The largest absolute Gasteiger partial charge is 0.455 e. The number of carbonyl (C=O) groups excluding carboxylic acids is 1. The molecule has 274 valence electrons. The molecule has 5 aliphatic carbocycles. The third-order valence-electron chi connectivity index (χ3n) is 16.2. The Labute approximate surface area is 299 Å². The molecule has 2 saturated carbocycles. The predicted octanol–water partition coefficient (Wildman–Crippen LogP) is 11.2. The van der Waals surface area contributed by atoms with Crippen LogP contribution in [0.3, 0.4) is 0 Å². The fraction of sp³-hybridized carbons (Fsp3) is 0.800. The molecule has 2 aliphatic heterocycles. The van der Waals surface area contributed by atoms with Crippen molar-refractivity contribution in [3.8, 4) is 0 Å². The predicted molar refractivity (Wildman–Crippen MR) is 201 cm³/mol. The number of esters is 1. The van der Waals surface area contributed by atoms with Gasteiger partial charge in [0.1, 0.15) is 12.2 Å². The number of hydrogen-bond donors (Lipinski definition) is 1. The maximum Gasteiger partial charge on any atom is 0.334 e. The molecule has 11 atom stereocenters. The highest BCUT2D eigenvalue weighted by Gasteiger charge is 2.64. The Bertz CT molecular complexity index is 1410. The molecule has 49 heavy (non-hydrogen) atoms. The minimum Gasteiger partial charge on any atom is -0.455 e. The fourth-order valence-electron chi connectivity index (χ4n) is 12.7. The number of fused-ring (bicyclic) bond motifs is 7. The molecule has 0 bridgehead atoms. The Balaban J connectivity index is 0.000000195. The van der Waals surface area contributed by atoms with Crippen molar-refractivity contribution < 1.29 is 19.4 Å². The van der Waals surface area contributed by atoms with Crippen LogP contribution < -0.4 is 0 Å². The lowest BCUT2D eigenvalue weighted by atomic mass is 9.43. The number of aliphatic hydroxyl groups excluding tert-OH is 1. The molecule has 0 aromatic rings. The zero-order valence-electron chi connectivity index (χ0n) is 33.0. The van der Waals surface area contributed by atoms with Crippen LogP contribution in [-0.2, 0) is 14.3 Å². The Morgan fingerprint density at radius 3 is 2.43 bits per heavy atom. The summed E-state index contributed by atoms with van der Waals surface area (Å²) in [6.45, 7) is 27.8. The number of hydrogen-bond acceptors (Lipinski definition) is 4. The van der Waals surface area contributed by atoms with Crippen LogP contribution in [0.25, 0.3) is 0 Å². The normalized spacial score (nSPS) is 44.4. The van der Waals surface area contributed by atoms with E-state index in [4.69, 9.17) is 9.47 Å². The van der Waals surface area contributed by atoms with Gasteiger partial charge in [0.05, 0.1) is 11.7 Å². The summed E-state index contributed by atoms with van der Waals surface area (Å²) in [5.74, 6) is 2.22. The summed E-state index contributed by atoms with van der Waals surface area (Å²) in [4.78, 5) is 11.7. The highest BCUT2D eigenvalue weighted by atomic mass is 16.6. The molecule has 4 fully saturated rings. The van der Waals surface area contributed by atoms with Gasteiger partial charge in [-0.15, -0.1) is 0 Å². The Morgan fingerprint density at radius 1 is 0.980 bits per heavy atom. The molecule has 0 spiro atoms. The van der Waals surface area contributed by atoms with E-state index in [9.17, 15) is 9.90 Å². The lowest BCUT2D eigenvalue weighted by Crippen LogP contribution is -2.55. The average Bonchev–Trinajstić information content (AvgIpc) is 3.49. The maximum absolute atomic E-state index is 11.7. The van der Waals surface area contributed by atoms with E-state index in [-0.39, 0.29) is 41.2 Å². The van der Waals surface area contributed by atoms with Gasteiger partial charge in [0.25, 0.3) is 0 Å². The van der Waals surface area contributed by atoms with Crippen molar-refractivity contribution in [2.75, 3.05) is 0 Å². The second-order valence-electron chi connectivity index (χ2n) is 19.6. The first-order chi connectivity index (χ1) is 22.9. The van der Waals surface area contributed by atoms with E-state index in [2.05, 4.69) is 88.0 Å². The van der Waals surface area contributed by atoms with E-state index < -0.39 is 0 Å². The van der Waals surface area contributed by atoms with Gasteiger partial charge in [-0.3, -0.25) is 0 Å². The van der Waals surface area contributed by atoms with Gasteiger partial charge in [0.15, 0.2) is 0 Å². The van der Waals surface area contributed by atoms with Gasteiger partial charge >= 0.3 is 5.97 Å². The van der Waals surface area contributed by atoms with Crippen molar-refractivity contribution >= 4 is 5.97 Å². The topological polar surface area (TPSA) is 59.1 Å². The van der Waals surface area contributed by atoms with Gasteiger partial charge in [-0.1, -0.05) is 82.6 Å². The first-order valence-corrected chi connectivity index (χ1v) is 20.2. The molecule has 0 aromatic heterocycles. The van der Waals surface area contributed by atoms with Gasteiger partial charge in [-0.05, 0) is 157 Å². The van der Waals surface area contributed by atoms with E-state index in [1.165, 1.54) is 68.9 Å². The average molecular weight is 675 g/mol. The molecule has 2 heterocycles. The second-order valence-corrected chi connectivity index (χ2v) is 19.6. The zero-order chi connectivity index (χ0) is 35.7. The van der Waals surface area contributed by atoms with Gasteiger partial charge < -0.3 is 14.6 Å². The summed E-state index contributed by atoms with van der Waals surface area (Å²) in [7, 11) is 0. The molecule has 0 aromatic carbocycles. The molecule has 11 unspecified atom stereocenters. The van der Waals surface area contributed by atoms with E-state index in [1.54, 1.807) is 0 Å². The van der Waals surface area contributed by atoms with Crippen molar-refractivity contribution in [1.82, 2.24) is 0 Å². The lowest BCUT2D eigenvalue weighted by molar-refractivity contribution is -0.140. The molecule has 7 rings (SSSR count). The van der Waals surface area contributed by atoms with Crippen LogP contribution in [0, 0.1) is 45.3 Å². The summed E-state index contributed by atoms with van der Waals surface area (Å²) in [6, 6.07) is 0. The van der Waals surface area contributed by atoms with E-state index in [1.807, 2.05) is 11.1 Å². The maximum atomic E-state index is 11.7. The highest BCUT2D eigenvalue weighted by Crippen LogP contribution is 2.72. The second kappa shape index (κ2) is 13.1. The number of ether oxygens (including phenoxy) is 2. The molecular weight excluding hydrogens is 604 g/mol. The van der Waals surface area contributed by atoms with Crippen LogP contribution in [0.15, 0.2) is 46.6 Å². The summed E-state index contributed by atoms with van der Waals surface area (Å²) >= 11 is 0. The monoisotopic (exact) mass is 675 g/mol. The van der Waals surface area contributed by atoms with Gasteiger partial charge in [-0.25, -0.2) is 4.79 Å². The van der Waals surface area contributed by atoms with Gasteiger partial charge in [-0.2, -0.15) is 0 Å². The Hall–Kier alpha value is -1.65. The summed E-state index contributed by atoms with van der Waals surface area (Å²) in [5.41, 5.74) is 8.32. The van der Waals surface area contributed by atoms with E-state index in [0.717, 1.165) is 43.9 Å². The minimum absolute atomic E-state index is 0.0465. The van der Waals surface area contributed by atoms with Crippen molar-refractivity contribution in [2.24, 2.45) is 45.3 Å². The minimum atomic E-state index is -0.233. The molecule has 4 heteroatoms. The number of aliphatic hydroxyl groups is 1. The van der Waals surface area contributed by atoms with Crippen LogP contribution in [0.5, 0.6) is 0 Å². The van der Waals surface area contributed by atoms with Crippen molar-refractivity contribution in [2.45, 2.75) is 183 Å². The third kappa shape index (κ3) is 6.19. The SMILES string of the molecule is C=C1C(=O)OC2C1CCC(C)=CCCC1(C)OC21.CC(C)=CCCC(C)C1CCC2(C)C3=C(CCC12C)C1(C)CCC(O)C(C)(C)C1CC3. The van der Waals surface area contributed by atoms with Crippen LogP contribution in [-0.4, -0.2) is 35.0 Å². The van der Waals surface area contributed by atoms with Gasteiger partial charge in [0.2, 0.25) is 0 Å². The standard InChI is InChI=1S/C30H50O.C15H20O3/c1-20(2)10-9-11-21(3)22-14-18-30(8)24-12-13-25-27(4,5)26(31)16-17-28(25,6)23(24)15-19-29(22,30)7;1-9-5-4-8-15(3)13(18-15)12-11(7-6-9)10(2)14(16)17-12/h10,21-22,25-26,31H,9,11-19H2,1-8H3;5,11-13H,2,4,6-8H2,1,3H3. The van der Waals surface area contributed by atoms with Crippen molar-refractivity contribution in [3.05, 3.63) is 46.6 Å². The molecule has 0 amide bonds. The third-order valence-corrected chi connectivity index (χ3v) is 16.2. The Kier molecular flexibility index (Phi) is 9.91. The van der Waals surface area contributed by atoms with E-state index >= 15 is 0 Å². The number of rotatable bonds is 4. The van der Waals surface area contributed by atoms with Crippen LogP contribution in [0.1, 0.15) is 159 Å². The van der Waals surface area contributed by atoms with Crippen molar-refractivity contribution in [1.29, 1.82) is 0 Å². The molecule has 0 radical (unpaired) electrons. The first-order valence-electron chi connectivity index (χ1n) is 20.2. The smallest absolute Gasteiger partial charge is 0.334 e. The first kappa shape index (κ1) is 37.1. The molecule has 7 aliphatic rings. The molecular formula is C45H70O4. The molecule has 2 saturated heterocycles. The molecule has 4 nitrogen and oxygen atoms in total. The Morgan fingerprint density at radius 2 is 1.71 bits per heavy atom. The van der Waals surface area contributed by atoms with Gasteiger partial charge in [0, 0.05) is 11.5 Å². The van der Waals surface area contributed by atoms with Crippen molar-refractivity contribution in [3.63, 3.8) is 0 Å². The summed E-state index contributed by atoms with van der Waals surface area (Å²) in [5, 5.41) is 10.8. The quantitative estimate of drug-likeness (QED) is 0.140. The highest BCUT2D eigenvalue weighted by molar-refractivity contribution is 5.91.